The van der Waals surface area contributed by atoms with E-state index in [4.69, 9.17) is 5.73 Å². The van der Waals surface area contributed by atoms with Gasteiger partial charge in [-0.2, -0.15) is 0 Å². The lowest BCUT2D eigenvalue weighted by atomic mass is 10.2. The second-order valence-electron chi connectivity index (χ2n) is 3.05. The molecule has 0 fully saturated rings. The molecule has 1 rings (SSSR count). The smallest absolute Gasteiger partial charge is 0.242 e. The highest BCUT2D eigenvalue weighted by Crippen LogP contribution is 2.03. The van der Waals surface area contributed by atoms with Crippen molar-refractivity contribution >= 4 is 11.7 Å². The zero-order chi connectivity index (χ0) is 10.6. The molecule has 0 bridgehead atoms. The number of carbonyl (C=O) groups is 1. The van der Waals surface area contributed by atoms with Crippen LogP contribution >= 0.6 is 0 Å². The largest absolute Gasteiger partial charge is 0.320 e. The number of nitrogens with zero attached hydrogens (tertiary/aromatic N) is 2. The first-order valence-corrected chi connectivity index (χ1v) is 4.48. The molecule has 0 aromatic carbocycles. The first kappa shape index (κ1) is 10.6. The summed E-state index contributed by atoms with van der Waals surface area (Å²) in [5, 5.41) is 2.62. The van der Waals surface area contributed by atoms with Crippen molar-refractivity contribution in [2.75, 3.05) is 5.32 Å². The fourth-order valence-electron chi connectivity index (χ4n) is 0.927. The van der Waals surface area contributed by atoms with Gasteiger partial charge in [-0.15, -0.1) is 0 Å². The average molecular weight is 194 g/mol. The SMILES string of the molecule is CCC(N)C(=O)Nc1cc(C)ncn1. The third-order valence-electron chi connectivity index (χ3n) is 1.83. The predicted octanol–water partition coefficient (Wildman–Crippen LogP) is 0.461. The number of hydrogen-bond donors (Lipinski definition) is 2. The lowest BCUT2D eigenvalue weighted by molar-refractivity contribution is -0.117. The zero-order valence-corrected chi connectivity index (χ0v) is 8.32. The fraction of sp³-hybridized carbons (Fsp3) is 0.444. The maximum absolute atomic E-state index is 11.4. The number of aromatic nitrogens is 2. The highest BCUT2D eigenvalue weighted by molar-refractivity contribution is 5.93. The van der Waals surface area contributed by atoms with Crippen LogP contribution in [0, 0.1) is 6.92 Å². The minimum Gasteiger partial charge on any atom is -0.320 e. The maximum atomic E-state index is 11.4. The molecular weight excluding hydrogens is 180 g/mol. The van der Waals surface area contributed by atoms with Crippen molar-refractivity contribution in [1.82, 2.24) is 9.97 Å². The summed E-state index contributed by atoms with van der Waals surface area (Å²) in [5.74, 6) is 0.275. The number of nitrogens with one attached hydrogen (secondary N) is 1. The lowest BCUT2D eigenvalue weighted by Gasteiger charge is -2.08. The van der Waals surface area contributed by atoms with Crippen molar-refractivity contribution < 1.29 is 4.79 Å². The highest BCUT2D eigenvalue weighted by atomic mass is 16.2. The second-order valence-corrected chi connectivity index (χ2v) is 3.05. The Morgan fingerprint density at radius 2 is 2.36 bits per heavy atom. The number of aryl methyl sites for hydroxylation is 1. The van der Waals surface area contributed by atoms with E-state index in [1.54, 1.807) is 6.07 Å². The van der Waals surface area contributed by atoms with Gasteiger partial charge in [0.15, 0.2) is 0 Å². The summed E-state index contributed by atoms with van der Waals surface area (Å²) >= 11 is 0. The van der Waals surface area contributed by atoms with E-state index in [2.05, 4.69) is 15.3 Å². The van der Waals surface area contributed by atoms with Gasteiger partial charge in [0.05, 0.1) is 6.04 Å². The number of rotatable bonds is 3. The molecule has 0 radical (unpaired) electrons. The maximum Gasteiger partial charge on any atom is 0.242 e. The average Bonchev–Trinajstić information content (AvgIpc) is 2.16. The molecule has 0 saturated carbocycles. The molecule has 14 heavy (non-hydrogen) atoms. The van der Waals surface area contributed by atoms with Crippen LogP contribution in [0.2, 0.25) is 0 Å². The van der Waals surface area contributed by atoms with E-state index in [0.717, 1.165) is 5.69 Å². The molecule has 0 aliphatic heterocycles. The van der Waals surface area contributed by atoms with Crippen molar-refractivity contribution in [3.8, 4) is 0 Å². The molecule has 1 atom stereocenters. The van der Waals surface area contributed by atoms with Crippen molar-refractivity contribution in [3.05, 3.63) is 18.1 Å². The molecule has 1 aromatic heterocycles. The van der Waals surface area contributed by atoms with Crippen molar-refractivity contribution in [3.63, 3.8) is 0 Å². The highest BCUT2D eigenvalue weighted by Gasteiger charge is 2.11. The summed E-state index contributed by atoms with van der Waals surface area (Å²) in [7, 11) is 0. The summed E-state index contributed by atoms with van der Waals surface area (Å²) < 4.78 is 0. The van der Waals surface area contributed by atoms with E-state index in [-0.39, 0.29) is 5.91 Å². The van der Waals surface area contributed by atoms with Crippen LogP contribution in [0.1, 0.15) is 19.0 Å². The summed E-state index contributed by atoms with van der Waals surface area (Å²) in [6.45, 7) is 3.69. The van der Waals surface area contributed by atoms with E-state index < -0.39 is 6.04 Å². The Kier molecular flexibility index (Phi) is 3.53. The Balaban J connectivity index is 2.65. The predicted molar refractivity (Wildman–Crippen MR) is 53.7 cm³/mol. The third kappa shape index (κ3) is 2.77. The van der Waals surface area contributed by atoms with Gasteiger partial charge in [-0.1, -0.05) is 6.92 Å². The first-order valence-electron chi connectivity index (χ1n) is 4.48. The molecule has 1 unspecified atom stereocenters. The third-order valence-corrected chi connectivity index (χ3v) is 1.83. The van der Waals surface area contributed by atoms with Crippen LogP contribution in [0.4, 0.5) is 5.82 Å². The normalized spacial score (nSPS) is 12.2. The van der Waals surface area contributed by atoms with Crippen molar-refractivity contribution in [2.45, 2.75) is 26.3 Å². The van der Waals surface area contributed by atoms with E-state index in [0.29, 0.717) is 12.2 Å². The van der Waals surface area contributed by atoms with Gasteiger partial charge < -0.3 is 11.1 Å². The Morgan fingerprint density at radius 3 is 2.93 bits per heavy atom. The van der Waals surface area contributed by atoms with Gasteiger partial charge in [0.2, 0.25) is 5.91 Å². The van der Waals surface area contributed by atoms with Crippen molar-refractivity contribution in [2.24, 2.45) is 5.73 Å². The van der Waals surface area contributed by atoms with E-state index in [9.17, 15) is 4.79 Å². The Morgan fingerprint density at radius 1 is 1.64 bits per heavy atom. The Hall–Kier alpha value is -1.49. The molecule has 3 N–H and O–H groups in total. The minimum atomic E-state index is -0.481. The number of anilines is 1. The van der Waals surface area contributed by atoms with Gasteiger partial charge in [0.1, 0.15) is 12.1 Å². The molecule has 1 amide bonds. The van der Waals surface area contributed by atoms with Crippen LogP contribution in [0.5, 0.6) is 0 Å². The van der Waals surface area contributed by atoms with Crippen LogP contribution in [0.3, 0.4) is 0 Å². The molecule has 0 spiro atoms. The molecule has 0 saturated heterocycles. The number of carbonyl (C=O) groups excluding carboxylic acids is 1. The number of hydrogen-bond acceptors (Lipinski definition) is 4. The summed E-state index contributed by atoms with van der Waals surface area (Å²) in [6, 6.07) is 1.21. The van der Waals surface area contributed by atoms with Crippen LogP contribution in [-0.2, 0) is 4.79 Å². The minimum absolute atomic E-state index is 0.217. The monoisotopic (exact) mass is 194 g/mol. The number of amides is 1. The molecule has 76 valence electrons. The van der Waals surface area contributed by atoms with Crippen LogP contribution in [-0.4, -0.2) is 21.9 Å². The van der Waals surface area contributed by atoms with Gasteiger partial charge in [-0.05, 0) is 13.3 Å². The standard InChI is InChI=1S/C9H14N4O/c1-3-7(10)9(14)13-8-4-6(2)11-5-12-8/h4-5,7H,3,10H2,1-2H3,(H,11,12,13,14). The van der Waals surface area contributed by atoms with Gasteiger partial charge in [-0.3, -0.25) is 4.79 Å². The quantitative estimate of drug-likeness (QED) is 0.732. The van der Waals surface area contributed by atoms with Crippen LogP contribution in [0.25, 0.3) is 0 Å². The molecule has 1 aromatic rings. The van der Waals surface area contributed by atoms with E-state index in [1.165, 1.54) is 6.33 Å². The van der Waals surface area contributed by atoms with Crippen LogP contribution < -0.4 is 11.1 Å². The molecule has 1 heterocycles. The van der Waals surface area contributed by atoms with Gasteiger partial charge in [0, 0.05) is 11.8 Å². The molecule has 0 aliphatic carbocycles. The first-order chi connectivity index (χ1) is 6.63. The van der Waals surface area contributed by atoms with E-state index in [1.807, 2.05) is 13.8 Å². The summed E-state index contributed by atoms with van der Waals surface area (Å²) in [6.07, 6.45) is 2.01. The lowest BCUT2D eigenvalue weighted by Crippen LogP contribution is -2.35. The number of nitrogens with two attached hydrogens (primary N) is 1. The van der Waals surface area contributed by atoms with E-state index >= 15 is 0 Å². The van der Waals surface area contributed by atoms with Crippen molar-refractivity contribution in [1.29, 1.82) is 0 Å². The van der Waals surface area contributed by atoms with Gasteiger partial charge >= 0.3 is 0 Å². The van der Waals surface area contributed by atoms with Gasteiger partial charge in [0.25, 0.3) is 0 Å². The summed E-state index contributed by atoms with van der Waals surface area (Å²) in [5.41, 5.74) is 6.35. The topological polar surface area (TPSA) is 80.9 Å². The fourth-order valence-corrected chi connectivity index (χ4v) is 0.927. The molecule has 5 heteroatoms. The second kappa shape index (κ2) is 4.66. The molecule has 5 nitrogen and oxygen atoms in total. The molecule has 0 aliphatic rings. The van der Waals surface area contributed by atoms with Crippen LogP contribution in [0.15, 0.2) is 12.4 Å². The van der Waals surface area contributed by atoms with Gasteiger partial charge in [-0.25, -0.2) is 9.97 Å². The zero-order valence-electron chi connectivity index (χ0n) is 8.32. The Labute approximate surface area is 82.7 Å². The Bertz CT molecular complexity index is 326. The molecular formula is C9H14N4O. The summed E-state index contributed by atoms with van der Waals surface area (Å²) in [4.78, 5) is 19.2.